The SMILES string of the molecule is Cc1ccccc1COc1cccc(NC(=O)C(C)(C)N)c1. The maximum atomic E-state index is 11.9. The standard InChI is InChI=1S/C18H22N2O2/c1-13-7-4-5-8-14(13)12-22-16-10-6-9-15(11-16)20-17(21)18(2,3)19/h4-11H,12,19H2,1-3H3,(H,20,21). The molecule has 116 valence electrons. The quantitative estimate of drug-likeness (QED) is 0.890. The number of ether oxygens (including phenoxy) is 1. The number of nitrogens with one attached hydrogen (secondary N) is 1. The average Bonchev–Trinajstić information content (AvgIpc) is 2.46. The van der Waals surface area contributed by atoms with Crippen LogP contribution in [0.25, 0.3) is 0 Å². The van der Waals surface area contributed by atoms with E-state index in [1.807, 2.05) is 36.4 Å². The maximum absolute atomic E-state index is 11.9. The molecule has 0 saturated heterocycles. The first-order chi connectivity index (χ1) is 10.4. The Balaban J connectivity index is 2.03. The van der Waals surface area contributed by atoms with Crippen molar-refractivity contribution >= 4 is 11.6 Å². The number of aryl methyl sites for hydroxylation is 1. The lowest BCUT2D eigenvalue weighted by atomic mass is 10.1. The van der Waals surface area contributed by atoms with Gasteiger partial charge in [-0.2, -0.15) is 0 Å². The van der Waals surface area contributed by atoms with Crippen LogP contribution in [-0.4, -0.2) is 11.4 Å². The molecular weight excluding hydrogens is 276 g/mol. The van der Waals surface area contributed by atoms with E-state index >= 15 is 0 Å². The summed E-state index contributed by atoms with van der Waals surface area (Å²) >= 11 is 0. The zero-order valence-electron chi connectivity index (χ0n) is 13.2. The van der Waals surface area contributed by atoms with Crippen molar-refractivity contribution in [1.29, 1.82) is 0 Å². The Bertz CT molecular complexity index is 660. The molecule has 0 unspecified atom stereocenters. The Morgan fingerprint density at radius 2 is 1.91 bits per heavy atom. The number of carbonyl (C=O) groups excluding carboxylic acids is 1. The van der Waals surface area contributed by atoms with Crippen molar-refractivity contribution in [2.75, 3.05) is 5.32 Å². The molecule has 3 N–H and O–H groups in total. The zero-order chi connectivity index (χ0) is 16.2. The number of hydrogen-bond acceptors (Lipinski definition) is 3. The second kappa shape index (κ2) is 6.62. The van der Waals surface area contributed by atoms with Crippen LogP contribution in [0.2, 0.25) is 0 Å². The predicted octanol–water partition coefficient (Wildman–Crippen LogP) is 3.25. The molecule has 0 radical (unpaired) electrons. The minimum atomic E-state index is -0.919. The first-order valence-corrected chi connectivity index (χ1v) is 7.24. The zero-order valence-corrected chi connectivity index (χ0v) is 13.2. The van der Waals surface area contributed by atoms with Gasteiger partial charge in [-0.1, -0.05) is 30.3 Å². The molecular formula is C18H22N2O2. The van der Waals surface area contributed by atoms with Gasteiger partial charge in [-0.05, 0) is 44.0 Å². The second-order valence-electron chi connectivity index (χ2n) is 5.92. The van der Waals surface area contributed by atoms with Crippen LogP contribution in [0.5, 0.6) is 5.75 Å². The smallest absolute Gasteiger partial charge is 0.243 e. The number of hydrogen-bond donors (Lipinski definition) is 2. The number of amides is 1. The molecule has 0 bridgehead atoms. The molecule has 0 aliphatic rings. The van der Waals surface area contributed by atoms with Gasteiger partial charge in [0.15, 0.2) is 0 Å². The molecule has 4 nitrogen and oxygen atoms in total. The largest absolute Gasteiger partial charge is 0.489 e. The van der Waals surface area contributed by atoms with Gasteiger partial charge in [0.05, 0.1) is 5.54 Å². The van der Waals surface area contributed by atoms with Crippen molar-refractivity contribution < 1.29 is 9.53 Å². The Hall–Kier alpha value is -2.33. The van der Waals surface area contributed by atoms with E-state index < -0.39 is 5.54 Å². The van der Waals surface area contributed by atoms with Crippen LogP contribution in [0.4, 0.5) is 5.69 Å². The molecule has 0 fully saturated rings. The molecule has 0 heterocycles. The predicted molar refractivity (Wildman–Crippen MR) is 88.8 cm³/mol. The van der Waals surface area contributed by atoms with Gasteiger partial charge in [-0.3, -0.25) is 4.79 Å². The van der Waals surface area contributed by atoms with Crippen molar-refractivity contribution in [1.82, 2.24) is 0 Å². The number of anilines is 1. The molecule has 4 heteroatoms. The van der Waals surface area contributed by atoms with Gasteiger partial charge < -0.3 is 15.8 Å². The van der Waals surface area contributed by atoms with Crippen LogP contribution < -0.4 is 15.8 Å². The van der Waals surface area contributed by atoms with Gasteiger partial charge in [-0.25, -0.2) is 0 Å². The first-order valence-electron chi connectivity index (χ1n) is 7.24. The topological polar surface area (TPSA) is 64.3 Å². The molecule has 0 aliphatic heterocycles. The molecule has 0 spiro atoms. The second-order valence-corrected chi connectivity index (χ2v) is 5.92. The minimum absolute atomic E-state index is 0.233. The lowest BCUT2D eigenvalue weighted by Crippen LogP contribution is -2.45. The molecule has 0 saturated carbocycles. The lowest BCUT2D eigenvalue weighted by Gasteiger charge is -2.18. The fourth-order valence-electron chi connectivity index (χ4n) is 1.89. The van der Waals surface area contributed by atoms with E-state index in [0.29, 0.717) is 18.0 Å². The Morgan fingerprint density at radius 1 is 1.18 bits per heavy atom. The number of benzene rings is 2. The van der Waals surface area contributed by atoms with Crippen molar-refractivity contribution in [3.8, 4) is 5.75 Å². The summed E-state index contributed by atoms with van der Waals surface area (Å²) < 4.78 is 5.80. The number of rotatable bonds is 5. The molecule has 0 aromatic heterocycles. The summed E-state index contributed by atoms with van der Waals surface area (Å²) in [6, 6.07) is 15.4. The van der Waals surface area contributed by atoms with Crippen LogP contribution in [0.1, 0.15) is 25.0 Å². The van der Waals surface area contributed by atoms with Gasteiger partial charge in [-0.15, -0.1) is 0 Å². The third-order valence-corrected chi connectivity index (χ3v) is 3.33. The van der Waals surface area contributed by atoms with E-state index in [1.54, 1.807) is 19.9 Å². The molecule has 22 heavy (non-hydrogen) atoms. The highest BCUT2D eigenvalue weighted by molar-refractivity contribution is 5.97. The summed E-state index contributed by atoms with van der Waals surface area (Å²) in [6.45, 7) is 5.88. The van der Waals surface area contributed by atoms with Crippen molar-refractivity contribution in [2.45, 2.75) is 32.9 Å². The summed E-state index contributed by atoms with van der Waals surface area (Å²) in [6.07, 6.45) is 0. The van der Waals surface area contributed by atoms with E-state index in [2.05, 4.69) is 18.3 Å². The van der Waals surface area contributed by atoms with Crippen molar-refractivity contribution in [3.05, 3.63) is 59.7 Å². The summed E-state index contributed by atoms with van der Waals surface area (Å²) in [5, 5.41) is 2.79. The average molecular weight is 298 g/mol. The third kappa shape index (κ3) is 4.33. The third-order valence-electron chi connectivity index (χ3n) is 3.33. The Labute approximate surface area is 131 Å². The van der Waals surface area contributed by atoms with Gasteiger partial charge in [0.25, 0.3) is 0 Å². The Morgan fingerprint density at radius 3 is 2.59 bits per heavy atom. The van der Waals surface area contributed by atoms with Crippen LogP contribution in [0.15, 0.2) is 48.5 Å². The molecule has 2 aromatic carbocycles. The van der Waals surface area contributed by atoms with Crippen molar-refractivity contribution in [2.24, 2.45) is 5.73 Å². The lowest BCUT2D eigenvalue weighted by molar-refractivity contribution is -0.120. The van der Waals surface area contributed by atoms with E-state index in [9.17, 15) is 4.79 Å². The van der Waals surface area contributed by atoms with Gasteiger partial charge in [0.2, 0.25) is 5.91 Å². The molecule has 2 aromatic rings. The van der Waals surface area contributed by atoms with Crippen LogP contribution in [0, 0.1) is 6.92 Å². The maximum Gasteiger partial charge on any atom is 0.243 e. The van der Waals surface area contributed by atoms with Crippen molar-refractivity contribution in [3.63, 3.8) is 0 Å². The van der Waals surface area contributed by atoms with E-state index in [-0.39, 0.29) is 5.91 Å². The van der Waals surface area contributed by atoms with Crippen LogP contribution in [-0.2, 0) is 11.4 Å². The first kappa shape index (κ1) is 16.0. The molecule has 1 amide bonds. The Kier molecular flexibility index (Phi) is 4.83. The van der Waals surface area contributed by atoms with Crippen LogP contribution >= 0.6 is 0 Å². The number of carbonyl (C=O) groups is 1. The molecule has 2 rings (SSSR count). The van der Waals surface area contributed by atoms with Gasteiger partial charge in [0.1, 0.15) is 12.4 Å². The summed E-state index contributed by atoms with van der Waals surface area (Å²) in [7, 11) is 0. The van der Waals surface area contributed by atoms with E-state index in [4.69, 9.17) is 10.5 Å². The fraction of sp³-hybridized carbons (Fsp3) is 0.278. The summed E-state index contributed by atoms with van der Waals surface area (Å²) in [4.78, 5) is 11.9. The normalized spacial score (nSPS) is 11.1. The number of nitrogens with two attached hydrogens (primary N) is 1. The van der Waals surface area contributed by atoms with Gasteiger partial charge in [0, 0.05) is 11.8 Å². The monoisotopic (exact) mass is 298 g/mol. The van der Waals surface area contributed by atoms with E-state index in [0.717, 1.165) is 5.56 Å². The highest BCUT2D eigenvalue weighted by atomic mass is 16.5. The molecule has 0 aliphatic carbocycles. The molecule has 0 atom stereocenters. The minimum Gasteiger partial charge on any atom is -0.489 e. The highest BCUT2D eigenvalue weighted by Crippen LogP contribution is 2.20. The van der Waals surface area contributed by atoms with E-state index in [1.165, 1.54) is 5.56 Å². The summed E-state index contributed by atoms with van der Waals surface area (Å²) in [5.41, 5.74) is 7.86. The fourth-order valence-corrected chi connectivity index (χ4v) is 1.89. The van der Waals surface area contributed by atoms with Gasteiger partial charge >= 0.3 is 0 Å². The van der Waals surface area contributed by atoms with Crippen LogP contribution in [0.3, 0.4) is 0 Å². The summed E-state index contributed by atoms with van der Waals surface area (Å²) in [5.74, 6) is 0.472. The highest BCUT2D eigenvalue weighted by Gasteiger charge is 2.21.